The van der Waals surface area contributed by atoms with Crippen molar-refractivity contribution in [3.05, 3.63) is 0 Å². The zero-order chi connectivity index (χ0) is 16.0. The first kappa shape index (κ1) is 24.0. The molecule has 0 aliphatic carbocycles. The van der Waals surface area contributed by atoms with Crippen molar-refractivity contribution in [3.63, 3.8) is 0 Å². The molecular weight excluding hydrogens is 298 g/mol. The van der Waals surface area contributed by atoms with Gasteiger partial charge in [0, 0.05) is 0 Å². The summed E-state index contributed by atoms with van der Waals surface area (Å²) in [6, 6.07) is 0. The molecule has 0 N–H and O–H groups in total. The summed E-state index contributed by atoms with van der Waals surface area (Å²) in [6.07, 6.45) is 15.0. The molecule has 22 heavy (non-hydrogen) atoms. The summed E-state index contributed by atoms with van der Waals surface area (Å²) < 4.78 is 0.330. The summed E-state index contributed by atoms with van der Waals surface area (Å²) in [6.45, 7) is 5.09. The van der Waals surface area contributed by atoms with Gasteiger partial charge in [0.25, 0.3) is 0 Å². The maximum absolute atomic E-state index is 11.6. The van der Waals surface area contributed by atoms with Crippen molar-refractivity contribution in [2.75, 3.05) is 20.6 Å². The molecule has 0 radical (unpaired) electrons. The Morgan fingerprint density at radius 1 is 0.773 bits per heavy atom. The summed E-state index contributed by atoms with van der Waals surface area (Å²) in [5.41, 5.74) is 0. The van der Waals surface area contributed by atoms with Crippen molar-refractivity contribution in [2.24, 2.45) is 0 Å². The van der Waals surface area contributed by atoms with Gasteiger partial charge in [-0.1, -0.05) is 71.1 Å². The highest BCUT2D eigenvalue weighted by atomic mass is 35.5. The minimum Gasteiger partial charge on any atom is -1.00 e. The zero-order valence-corrected chi connectivity index (χ0v) is 16.1. The predicted octanol–water partition coefficient (Wildman–Crippen LogP) is 2.25. The fourth-order valence-corrected chi connectivity index (χ4v) is 2.32. The van der Waals surface area contributed by atoms with Crippen molar-refractivity contribution in [3.8, 4) is 0 Å². The Morgan fingerprint density at radius 3 is 1.59 bits per heavy atom. The van der Waals surface area contributed by atoms with Crippen LogP contribution in [0.25, 0.3) is 0 Å². The van der Waals surface area contributed by atoms with E-state index in [1.165, 1.54) is 57.8 Å². The van der Waals surface area contributed by atoms with E-state index in [-0.39, 0.29) is 18.4 Å². The molecule has 0 aromatic carbocycles. The van der Waals surface area contributed by atoms with Crippen LogP contribution < -0.4 is 12.4 Å². The maximum Gasteiger partial charge on any atom is 0.366 e. The van der Waals surface area contributed by atoms with Crippen molar-refractivity contribution >= 4 is 5.97 Å². The van der Waals surface area contributed by atoms with Crippen LogP contribution in [0, 0.1) is 0 Å². The molecular formula is C18H38ClNO2. The molecule has 0 aliphatic heterocycles. The first-order valence-corrected chi connectivity index (χ1v) is 9.07. The number of quaternary nitrogens is 1. The van der Waals surface area contributed by atoms with Crippen LogP contribution in [-0.2, 0) is 9.63 Å². The zero-order valence-electron chi connectivity index (χ0n) is 15.3. The Morgan fingerprint density at radius 2 is 1.18 bits per heavy atom. The number of carbonyl (C=O) groups is 1. The average molecular weight is 336 g/mol. The molecule has 0 fully saturated rings. The maximum atomic E-state index is 11.6. The Bertz CT molecular complexity index is 257. The van der Waals surface area contributed by atoms with Crippen LogP contribution in [0.4, 0.5) is 0 Å². The van der Waals surface area contributed by atoms with Crippen LogP contribution in [0.5, 0.6) is 0 Å². The van der Waals surface area contributed by atoms with Gasteiger partial charge in [0.1, 0.15) is 20.6 Å². The number of carbonyl (C=O) groups excluding carboxylic acids is 1. The quantitative estimate of drug-likeness (QED) is 0.276. The normalized spacial score (nSPS) is 11.1. The first-order chi connectivity index (χ1) is 10.0. The Balaban J connectivity index is 0. The molecule has 134 valence electrons. The Labute approximate surface area is 144 Å². The molecule has 0 spiro atoms. The van der Waals surface area contributed by atoms with Gasteiger partial charge >= 0.3 is 5.97 Å². The van der Waals surface area contributed by atoms with Crippen LogP contribution in [0.2, 0.25) is 0 Å². The van der Waals surface area contributed by atoms with Gasteiger partial charge in [0.2, 0.25) is 0 Å². The number of unbranched alkanes of at least 4 members (excludes halogenated alkanes) is 10. The van der Waals surface area contributed by atoms with Gasteiger partial charge in [-0.2, -0.15) is 0 Å². The van der Waals surface area contributed by atoms with Gasteiger partial charge in [0.05, 0.1) is 6.42 Å². The topological polar surface area (TPSA) is 26.3 Å². The molecule has 0 bridgehead atoms. The lowest BCUT2D eigenvalue weighted by atomic mass is 10.1. The summed E-state index contributed by atoms with van der Waals surface area (Å²) in [7, 11) is 3.83. The van der Waals surface area contributed by atoms with E-state index in [1.54, 1.807) is 0 Å². The van der Waals surface area contributed by atoms with Crippen molar-refractivity contribution in [1.29, 1.82) is 0 Å². The van der Waals surface area contributed by atoms with E-state index in [0.717, 1.165) is 19.4 Å². The number of nitrogens with zero attached hydrogens (tertiary/aromatic N) is 1. The van der Waals surface area contributed by atoms with E-state index < -0.39 is 0 Å². The van der Waals surface area contributed by atoms with Gasteiger partial charge in [-0.15, -0.1) is 4.65 Å². The molecule has 0 saturated heterocycles. The molecule has 0 unspecified atom stereocenters. The van der Waals surface area contributed by atoms with E-state index >= 15 is 0 Å². The van der Waals surface area contributed by atoms with Gasteiger partial charge < -0.3 is 12.4 Å². The van der Waals surface area contributed by atoms with Gasteiger partial charge in [0.15, 0.2) is 0 Å². The first-order valence-electron chi connectivity index (χ1n) is 9.07. The fourth-order valence-electron chi connectivity index (χ4n) is 2.32. The summed E-state index contributed by atoms with van der Waals surface area (Å²) in [5.74, 6) is -0.0576. The van der Waals surface area contributed by atoms with Crippen LogP contribution in [-0.4, -0.2) is 31.3 Å². The Kier molecular flexibility index (Phi) is 17.0. The lowest BCUT2D eigenvalue weighted by Crippen LogP contribution is -3.00. The number of hydrogen-bond donors (Lipinski definition) is 0. The number of halogens is 1. The van der Waals surface area contributed by atoms with Gasteiger partial charge in [-0.3, -0.25) is 4.84 Å². The second-order valence-corrected chi connectivity index (χ2v) is 6.64. The minimum atomic E-state index is -0.0576. The monoisotopic (exact) mass is 335 g/mol. The number of rotatable bonds is 14. The minimum absolute atomic E-state index is 0. The summed E-state index contributed by atoms with van der Waals surface area (Å²) >= 11 is 0. The number of hydrogen-bond acceptors (Lipinski definition) is 2. The highest BCUT2D eigenvalue weighted by Crippen LogP contribution is 2.12. The molecule has 0 amide bonds. The summed E-state index contributed by atoms with van der Waals surface area (Å²) in [4.78, 5) is 17.0. The molecule has 4 heteroatoms. The highest BCUT2D eigenvalue weighted by molar-refractivity contribution is 5.68. The average Bonchev–Trinajstić information content (AvgIpc) is 2.44. The molecule has 0 aliphatic rings. The van der Waals surface area contributed by atoms with Crippen molar-refractivity contribution in [1.82, 2.24) is 0 Å². The Hall–Kier alpha value is -0.280. The van der Waals surface area contributed by atoms with Crippen LogP contribution >= 0.6 is 0 Å². The standard InChI is InChI=1S/C18H38NO2.ClH/c1-5-7-8-9-10-11-12-13-14-15-16-17-18(20)21-19(3,4)6-2;/h5-17H2,1-4H3;1H/q+1;/p-1. The third kappa shape index (κ3) is 16.1. The molecule has 0 aromatic rings. The third-order valence-corrected chi connectivity index (χ3v) is 4.09. The van der Waals surface area contributed by atoms with Crippen LogP contribution in [0.1, 0.15) is 90.9 Å². The largest absolute Gasteiger partial charge is 1.00 e. The van der Waals surface area contributed by atoms with E-state index in [2.05, 4.69) is 6.92 Å². The molecule has 0 heterocycles. The smallest absolute Gasteiger partial charge is 0.366 e. The van der Waals surface area contributed by atoms with Crippen molar-refractivity contribution < 1.29 is 26.7 Å². The van der Waals surface area contributed by atoms with Gasteiger partial charge in [-0.05, 0) is 13.3 Å². The molecule has 0 saturated carbocycles. The van der Waals surface area contributed by atoms with Gasteiger partial charge in [-0.25, -0.2) is 4.79 Å². The molecule has 3 nitrogen and oxygen atoms in total. The molecule has 0 atom stereocenters. The molecule has 0 rings (SSSR count). The highest BCUT2D eigenvalue weighted by Gasteiger charge is 2.18. The number of hydroxylamine groups is 3. The second kappa shape index (κ2) is 15.6. The molecule has 0 aromatic heterocycles. The SMILES string of the molecule is CCCCCCCCCCCCCC(=O)O[N+](C)(C)CC.[Cl-]. The second-order valence-electron chi connectivity index (χ2n) is 6.64. The van der Waals surface area contributed by atoms with E-state index in [1.807, 2.05) is 21.0 Å². The fraction of sp³-hybridized carbons (Fsp3) is 0.944. The third-order valence-electron chi connectivity index (χ3n) is 4.09. The van der Waals surface area contributed by atoms with Crippen molar-refractivity contribution in [2.45, 2.75) is 90.9 Å². The lowest BCUT2D eigenvalue weighted by molar-refractivity contribution is -1.06. The van der Waals surface area contributed by atoms with E-state index in [4.69, 9.17) is 4.84 Å². The lowest BCUT2D eigenvalue weighted by Gasteiger charge is -2.24. The van der Waals surface area contributed by atoms with E-state index in [9.17, 15) is 4.79 Å². The van der Waals surface area contributed by atoms with E-state index in [0.29, 0.717) is 11.1 Å². The van der Waals surface area contributed by atoms with Crippen LogP contribution in [0.15, 0.2) is 0 Å². The van der Waals surface area contributed by atoms with Crippen LogP contribution in [0.3, 0.4) is 0 Å². The summed E-state index contributed by atoms with van der Waals surface area (Å²) in [5, 5.41) is 0. The predicted molar refractivity (Wildman–Crippen MR) is 89.8 cm³/mol.